The summed E-state index contributed by atoms with van der Waals surface area (Å²) in [5.74, 6) is -2.26. The zero-order chi connectivity index (χ0) is 54.7. The number of nitrogen functional groups attached to an aromatic ring is 1. The van der Waals surface area contributed by atoms with Gasteiger partial charge in [0.2, 0.25) is 11.8 Å². The van der Waals surface area contributed by atoms with Crippen molar-refractivity contribution in [3.8, 4) is 0 Å². The van der Waals surface area contributed by atoms with Crippen molar-refractivity contribution in [2.45, 2.75) is 148 Å². The van der Waals surface area contributed by atoms with Gasteiger partial charge in [0, 0.05) is 36.8 Å². The molecule has 414 valence electrons. The third-order valence-corrected chi connectivity index (χ3v) is 16.1. The maximum absolute atomic E-state index is 13.1. The standard InChI is InChI=1S/C45H70N7O19P3/c1-43(2,42(58)59)18-9-6-5-7-12-29-14-11-15-30(24-29)13-8-10-19-45(20-21-45)32(53)16-22-47-33(54)17-23-48-40(57)37(56)44(3,4)26-68-74(65,66)71-73(63,64)67-25-31-36(70-72(60,61)62)35(55)41(69-31)52-28-51-34-38(46)49-27-50-39(34)52/h11,14-15,24,27-28,31,35-37,41,55-56H,5-10,12-13,16-23,25-26H2,1-4H3,(H,47,54)(H,48,57)(H,58,59)(H,63,64)(H,65,66)(H2,46,49,50)(H2,60,61,62)/p-4. The quantitative estimate of drug-likeness (QED) is 0.0373. The van der Waals surface area contributed by atoms with Gasteiger partial charge in [0.15, 0.2) is 17.7 Å². The van der Waals surface area contributed by atoms with Crippen LogP contribution < -0.4 is 35.9 Å². The highest BCUT2D eigenvalue weighted by Gasteiger charge is 2.49. The fraction of sp³-hybridized carbons (Fsp3) is 0.667. The number of carbonyl (C=O) groups excluding carboxylic acids is 3. The number of hydrogen-bond donors (Lipinski definition) is 6. The maximum Gasteiger partial charge on any atom is 0.309 e. The smallest absolute Gasteiger partial charge is 0.309 e. The van der Waals surface area contributed by atoms with E-state index < -0.39 is 95.9 Å². The molecule has 0 radical (unpaired) electrons. The lowest BCUT2D eigenvalue weighted by Gasteiger charge is -2.36. The molecule has 1 aromatic carbocycles. The number of carboxylic acid groups (broad SMARTS) is 1. The highest BCUT2D eigenvalue weighted by atomic mass is 31.3. The van der Waals surface area contributed by atoms with Crippen LogP contribution in [0.3, 0.4) is 0 Å². The molecule has 2 aromatic heterocycles. The number of nitrogens with one attached hydrogen (secondary N) is 2. The van der Waals surface area contributed by atoms with Crippen LogP contribution in [0.2, 0.25) is 0 Å². The number of nitrogens with two attached hydrogens (primary N) is 1. The maximum atomic E-state index is 13.1. The molecule has 7 atom stereocenters. The number of ketones is 1. The molecule has 2 amide bonds. The molecule has 3 aromatic rings. The lowest BCUT2D eigenvalue weighted by molar-refractivity contribution is -0.347. The Hall–Kier alpha value is -4.10. The second-order valence-electron chi connectivity index (χ2n) is 20.1. The summed E-state index contributed by atoms with van der Waals surface area (Å²) in [5, 5.41) is 35.9. The third kappa shape index (κ3) is 18.0. The molecular formula is C45H66N7O19P3-4. The Morgan fingerprint density at radius 3 is 2.19 bits per heavy atom. The van der Waals surface area contributed by atoms with Gasteiger partial charge in [-0.25, -0.2) is 19.3 Å². The lowest BCUT2D eigenvalue weighted by atomic mass is 9.87. The minimum absolute atomic E-state index is 0.0253. The van der Waals surface area contributed by atoms with Crippen molar-refractivity contribution >= 4 is 64.0 Å². The topological polar surface area (TPSA) is 412 Å². The van der Waals surface area contributed by atoms with E-state index in [1.165, 1.54) is 25.0 Å². The summed E-state index contributed by atoms with van der Waals surface area (Å²) in [6.45, 7) is 3.49. The van der Waals surface area contributed by atoms with Crippen LogP contribution in [0.15, 0.2) is 36.9 Å². The van der Waals surface area contributed by atoms with Crippen LogP contribution in [0, 0.1) is 16.2 Å². The van der Waals surface area contributed by atoms with Crippen molar-refractivity contribution in [3.63, 3.8) is 0 Å². The SMILES string of the molecule is CC(C)(CCCCCCc1cccc(CCCCC2(C(=O)CCNC(=O)CCNC(=O)C(O)C(C)(C)COP(=O)([O-])OP(=O)([O-])OCC3OC(n4cnc5c(N)ncnc54)C(O)C3OP(=O)([O-])[O-])CC2)c1)C(=O)O. The number of rotatable bonds is 33. The molecule has 74 heavy (non-hydrogen) atoms. The molecule has 2 aliphatic rings. The van der Waals surface area contributed by atoms with E-state index in [4.69, 9.17) is 10.5 Å². The molecule has 7 unspecified atom stereocenters. The van der Waals surface area contributed by atoms with Crippen molar-refractivity contribution in [2.75, 3.05) is 32.0 Å². The van der Waals surface area contributed by atoms with Crippen LogP contribution >= 0.6 is 23.5 Å². The van der Waals surface area contributed by atoms with Crippen LogP contribution in [-0.4, -0.2) is 109 Å². The number of carboxylic acids is 1. The van der Waals surface area contributed by atoms with Crippen molar-refractivity contribution in [3.05, 3.63) is 48.0 Å². The summed E-state index contributed by atoms with van der Waals surface area (Å²) in [4.78, 5) is 110. The average Bonchev–Trinajstić information content (AvgIpc) is 3.89. The number of Topliss-reactive ketones (excluding diaryl/α,β-unsaturated/α-hetero) is 1. The number of unbranched alkanes of at least 4 members (excludes halogenated alkanes) is 4. The van der Waals surface area contributed by atoms with E-state index in [0.29, 0.717) is 6.42 Å². The Labute approximate surface area is 428 Å². The molecule has 0 bridgehead atoms. The Morgan fingerprint density at radius 1 is 0.905 bits per heavy atom. The molecule has 5 rings (SSSR count). The number of aliphatic hydroxyl groups excluding tert-OH is 2. The minimum atomic E-state index is -5.94. The summed E-state index contributed by atoms with van der Waals surface area (Å²) in [7, 11) is -17.7. The predicted octanol–water partition coefficient (Wildman–Crippen LogP) is 1.63. The highest BCUT2D eigenvalue weighted by molar-refractivity contribution is 7.59. The van der Waals surface area contributed by atoms with Crippen molar-refractivity contribution in [1.82, 2.24) is 30.2 Å². The number of hydrogen-bond acceptors (Lipinski definition) is 22. The first-order valence-electron chi connectivity index (χ1n) is 24.2. The van der Waals surface area contributed by atoms with Crippen molar-refractivity contribution in [2.24, 2.45) is 16.2 Å². The molecule has 1 saturated carbocycles. The fourth-order valence-electron chi connectivity index (χ4n) is 8.41. The van der Waals surface area contributed by atoms with Crippen LogP contribution in [0.4, 0.5) is 5.82 Å². The van der Waals surface area contributed by atoms with Gasteiger partial charge in [0.1, 0.15) is 42.0 Å². The molecule has 1 saturated heterocycles. The van der Waals surface area contributed by atoms with Crippen LogP contribution in [0.5, 0.6) is 0 Å². The monoisotopic (exact) mass is 1100 g/mol. The van der Waals surface area contributed by atoms with Crippen molar-refractivity contribution < 1.29 is 90.4 Å². The predicted molar refractivity (Wildman–Crippen MR) is 254 cm³/mol. The zero-order valence-corrected chi connectivity index (χ0v) is 44.3. The largest absolute Gasteiger partial charge is 0.790 e. The second-order valence-corrected chi connectivity index (χ2v) is 24.1. The number of carbonyl (C=O) groups is 4. The van der Waals surface area contributed by atoms with E-state index >= 15 is 0 Å². The molecule has 0 spiro atoms. The van der Waals surface area contributed by atoms with Crippen LogP contribution in [0.1, 0.15) is 122 Å². The number of aliphatic hydroxyl groups is 2. The molecule has 7 N–H and O–H groups in total. The summed E-state index contributed by atoms with van der Waals surface area (Å²) >= 11 is 0. The van der Waals surface area contributed by atoms with Crippen molar-refractivity contribution in [1.29, 1.82) is 0 Å². The summed E-state index contributed by atoms with van der Waals surface area (Å²) < 4.78 is 61.0. The first-order valence-corrected chi connectivity index (χ1v) is 28.6. The lowest BCUT2D eigenvalue weighted by Crippen LogP contribution is -2.46. The minimum Gasteiger partial charge on any atom is -0.790 e. The van der Waals surface area contributed by atoms with Gasteiger partial charge in [-0.15, -0.1) is 0 Å². The van der Waals surface area contributed by atoms with E-state index in [-0.39, 0.29) is 54.1 Å². The third-order valence-electron chi connectivity index (χ3n) is 13.1. The molecular weight excluding hydrogens is 1040 g/mol. The fourth-order valence-corrected chi connectivity index (χ4v) is 11.1. The molecule has 1 aliphatic carbocycles. The van der Waals surface area contributed by atoms with Crippen LogP contribution in [-0.2, 0) is 68.3 Å². The normalized spacial score (nSPS) is 20.9. The van der Waals surface area contributed by atoms with Gasteiger partial charge in [-0.2, -0.15) is 0 Å². The van der Waals surface area contributed by atoms with E-state index in [2.05, 4.69) is 67.7 Å². The Balaban J connectivity index is 0.960. The van der Waals surface area contributed by atoms with Gasteiger partial charge < -0.3 is 74.1 Å². The summed E-state index contributed by atoms with van der Waals surface area (Å²) in [6, 6.07) is 8.54. The number of fused-ring (bicyclic) bond motifs is 1. The Kier molecular flexibility index (Phi) is 21.2. The second kappa shape index (κ2) is 25.8. The van der Waals surface area contributed by atoms with Gasteiger partial charge in [-0.05, 0) is 76.3 Å². The average molecular weight is 1100 g/mol. The van der Waals surface area contributed by atoms with Gasteiger partial charge in [0.05, 0.1) is 32.8 Å². The number of aliphatic carboxylic acids is 1. The van der Waals surface area contributed by atoms with Crippen LogP contribution in [0.25, 0.3) is 11.2 Å². The number of nitrogens with zero attached hydrogens (tertiary/aromatic N) is 4. The van der Waals surface area contributed by atoms with E-state index in [1.807, 2.05) is 0 Å². The number of aryl methyl sites for hydroxylation is 2. The highest BCUT2D eigenvalue weighted by Crippen LogP contribution is 2.57. The number of ether oxygens (including phenoxy) is 1. The van der Waals surface area contributed by atoms with Gasteiger partial charge >= 0.3 is 5.97 Å². The van der Waals surface area contributed by atoms with Gasteiger partial charge in [0.25, 0.3) is 15.6 Å². The summed E-state index contributed by atoms with van der Waals surface area (Å²) in [5.41, 5.74) is 5.52. The van der Waals surface area contributed by atoms with E-state index in [9.17, 15) is 67.8 Å². The van der Waals surface area contributed by atoms with E-state index in [1.54, 1.807) is 13.8 Å². The molecule has 26 nitrogen and oxygen atoms in total. The number of anilines is 1. The van der Waals surface area contributed by atoms with E-state index in [0.717, 1.165) is 87.9 Å². The number of amides is 2. The first-order chi connectivity index (χ1) is 34.5. The zero-order valence-electron chi connectivity index (χ0n) is 41.7. The Bertz CT molecular complexity index is 2570. The summed E-state index contributed by atoms with van der Waals surface area (Å²) in [6.07, 6.45) is 3.17. The number of phosphoric ester groups is 3. The van der Waals surface area contributed by atoms with Gasteiger partial charge in [-0.3, -0.25) is 32.9 Å². The molecule has 1 aliphatic heterocycles. The number of benzene rings is 1. The number of imidazole rings is 1. The van der Waals surface area contributed by atoms with Gasteiger partial charge in [-0.1, -0.05) is 63.8 Å². The molecule has 3 heterocycles. The first kappa shape index (κ1) is 60.8. The Morgan fingerprint density at radius 2 is 1.54 bits per heavy atom. The molecule has 29 heteroatoms. The number of phosphoric acid groups is 3. The number of aromatic nitrogens is 4. The molecule has 2 fully saturated rings.